The number of nitrogens with zero attached hydrogens (tertiary/aromatic N) is 2. The first kappa shape index (κ1) is 28.8. The molecule has 1 N–H and O–H groups in total. The Balaban J connectivity index is 1.82. The molecular formula is C29H32FN3O4S. The van der Waals surface area contributed by atoms with Gasteiger partial charge in [0.05, 0.1) is 10.7 Å². The molecule has 3 rings (SSSR count). The fourth-order valence-electron chi connectivity index (χ4n) is 3.83. The van der Waals surface area contributed by atoms with Crippen LogP contribution in [0, 0.1) is 15.9 Å². The molecular weight excluding hydrogens is 505 g/mol. The van der Waals surface area contributed by atoms with Crippen molar-refractivity contribution in [2.75, 3.05) is 5.75 Å². The fraction of sp³-hybridized carbons (Fsp3) is 0.310. The van der Waals surface area contributed by atoms with E-state index in [2.05, 4.69) is 5.32 Å². The highest BCUT2D eigenvalue weighted by atomic mass is 32.2. The number of rotatable bonds is 13. The second-order valence-corrected chi connectivity index (χ2v) is 10.1. The van der Waals surface area contributed by atoms with Crippen molar-refractivity contribution in [2.24, 2.45) is 0 Å². The molecule has 0 bridgehead atoms. The summed E-state index contributed by atoms with van der Waals surface area (Å²) in [6.07, 6.45) is 1.09. The van der Waals surface area contributed by atoms with Crippen LogP contribution in [0.25, 0.3) is 0 Å². The highest BCUT2D eigenvalue weighted by Gasteiger charge is 2.30. The Morgan fingerprint density at radius 3 is 2.21 bits per heavy atom. The summed E-state index contributed by atoms with van der Waals surface area (Å²) in [5.41, 5.74) is 2.51. The lowest BCUT2D eigenvalue weighted by Crippen LogP contribution is -2.52. The summed E-state index contributed by atoms with van der Waals surface area (Å²) >= 11 is 1.37. The molecule has 0 spiro atoms. The van der Waals surface area contributed by atoms with Gasteiger partial charge in [-0.25, -0.2) is 4.39 Å². The predicted molar refractivity (Wildman–Crippen MR) is 148 cm³/mol. The van der Waals surface area contributed by atoms with Crippen molar-refractivity contribution in [2.45, 2.75) is 51.1 Å². The normalized spacial score (nSPS) is 12.4. The second-order valence-electron chi connectivity index (χ2n) is 9.09. The number of carbonyl (C=O) groups excluding carboxylic acids is 2. The van der Waals surface area contributed by atoms with Crippen molar-refractivity contribution < 1.29 is 18.9 Å². The number of nitro benzene ring substituents is 1. The topological polar surface area (TPSA) is 92.6 Å². The highest BCUT2D eigenvalue weighted by molar-refractivity contribution is 7.99. The lowest BCUT2D eigenvalue weighted by molar-refractivity contribution is -0.384. The van der Waals surface area contributed by atoms with Crippen LogP contribution >= 0.6 is 11.8 Å². The van der Waals surface area contributed by atoms with Crippen molar-refractivity contribution in [3.05, 3.63) is 111 Å². The fourth-order valence-corrected chi connectivity index (χ4v) is 4.71. The van der Waals surface area contributed by atoms with Gasteiger partial charge in [0.1, 0.15) is 11.9 Å². The van der Waals surface area contributed by atoms with Crippen LogP contribution in [-0.4, -0.2) is 39.5 Å². The zero-order valence-corrected chi connectivity index (χ0v) is 22.3. The molecule has 0 fully saturated rings. The van der Waals surface area contributed by atoms with Gasteiger partial charge in [0.2, 0.25) is 11.8 Å². The van der Waals surface area contributed by atoms with Crippen LogP contribution in [0.3, 0.4) is 0 Å². The molecule has 2 atom stereocenters. The van der Waals surface area contributed by atoms with E-state index < -0.39 is 11.0 Å². The number of halogens is 1. The third kappa shape index (κ3) is 8.69. The minimum absolute atomic E-state index is 0.0105. The molecule has 2 unspecified atom stereocenters. The number of thioether (sulfide) groups is 1. The van der Waals surface area contributed by atoms with Crippen LogP contribution in [-0.2, 0) is 28.3 Å². The van der Waals surface area contributed by atoms with Crippen LogP contribution in [0.1, 0.15) is 37.0 Å². The van der Waals surface area contributed by atoms with Crippen molar-refractivity contribution in [3.8, 4) is 0 Å². The molecule has 3 aromatic carbocycles. The van der Waals surface area contributed by atoms with Gasteiger partial charge in [-0.05, 0) is 42.2 Å². The molecule has 0 radical (unpaired) electrons. The SMILES string of the molecule is CCC(C)NC(=O)C(Cc1ccccc1)N(Cc1ccc(F)cc1)C(=O)CSCc1ccc([N+](=O)[O-])cc1. The number of carbonyl (C=O) groups is 2. The smallest absolute Gasteiger partial charge is 0.269 e. The zero-order valence-electron chi connectivity index (χ0n) is 21.5. The number of nitrogens with one attached hydrogen (secondary N) is 1. The quantitative estimate of drug-likeness (QED) is 0.229. The summed E-state index contributed by atoms with van der Waals surface area (Å²) in [6, 6.07) is 20.8. The van der Waals surface area contributed by atoms with Gasteiger partial charge in [-0.1, -0.05) is 61.5 Å². The molecule has 3 aromatic rings. The zero-order chi connectivity index (χ0) is 27.5. The molecule has 2 amide bonds. The molecule has 0 saturated heterocycles. The van der Waals surface area contributed by atoms with E-state index in [1.807, 2.05) is 44.2 Å². The molecule has 9 heteroatoms. The lowest BCUT2D eigenvalue weighted by Gasteiger charge is -2.32. The maximum atomic E-state index is 13.6. The molecule has 200 valence electrons. The Hall–Kier alpha value is -3.72. The first-order valence-corrected chi connectivity index (χ1v) is 13.6. The predicted octanol–water partition coefficient (Wildman–Crippen LogP) is 5.52. The van der Waals surface area contributed by atoms with Crippen LogP contribution in [0.2, 0.25) is 0 Å². The number of hydrogen-bond donors (Lipinski definition) is 1. The van der Waals surface area contributed by atoms with Gasteiger partial charge >= 0.3 is 0 Å². The average Bonchev–Trinajstić information content (AvgIpc) is 2.92. The standard InChI is InChI=1S/C29H32FN3O4S/c1-3-21(2)31-29(35)27(17-22-7-5-4-6-8-22)32(18-23-9-13-25(30)14-10-23)28(34)20-38-19-24-11-15-26(16-12-24)33(36)37/h4-16,21,27H,3,17-20H2,1-2H3,(H,31,35). The summed E-state index contributed by atoms with van der Waals surface area (Å²) in [4.78, 5) is 39.1. The van der Waals surface area contributed by atoms with Gasteiger partial charge in [-0.15, -0.1) is 11.8 Å². The first-order valence-electron chi connectivity index (χ1n) is 12.5. The van der Waals surface area contributed by atoms with E-state index in [-0.39, 0.29) is 41.7 Å². The van der Waals surface area contributed by atoms with E-state index in [0.29, 0.717) is 12.2 Å². The number of amides is 2. The second kappa shape index (κ2) is 14.3. The van der Waals surface area contributed by atoms with Gasteiger partial charge in [-0.3, -0.25) is 19.7 Å². The van der Waals surface area contributed by atoms with Crippen molar-refractivity contribution in [1.29, 1.82) is 0 Å². The molecule has 38 heavy (non-hydrogen) atoms. The molecule has 0 aromatic heterocycles. The van der Waals surface area contributed by atoms with E-state index >= 15 is 0 Å². The van der Waals surface area contributed by atoms with Crippen LogP contribution in [0.5, 0.6) is 0 Å². The summed E-state index contributed by atoms with van der Waals surface area (Å²) in [5.74, 6) is -0.238. The van der Waals surface area contributed by atoms with E-state index in [0.717, 1.165) is 23.1 Å². The third-order valence-corrected chi connectivity index (χ3v) is 7.17. The average molecular weight is 538 g/mol. The van der Waals surface area contributed by atoms with Crippen molar-refractivity contribution >= 4 is 29.3 Å². The van der Waals surface area contributed by atoms with E-state index in [1.54, 1.807) is 29.2 Å². The largest absolute Gasteiger partial charge is 0.352 e. The minimum Gasteiger partial charge on any atom is -0.352 e. The molecule has 0 aliphatic rings. The molecule has 0 aliphatic heterocycles. The first-order chi connectivity index (χ1) is 18.3. The summed E-state index contributed by atoms with van der Waals surface area (Å²) in [7, 11) is 0. The molecule has 0 heterocycles. The Morgan fingerprint density at radius 1 is 0.974 bits per heavy atom. The Labute approximate surface area is 226 Å². The molecule has 0 saturated carbocycles. The van der Waals surface area contributed by atoms with Gasteiger partial charge in [0.15, 0.2) is 0 Å². The maximum Gasteiger partial charge on any atom is 0.269 e. The van der Waals surface area contributed by atoms with E-state index in [1.165, 1.54) is 36.0 Å². The minimum atomic E-state index is -0.760. The molecule has 7 nitrogen and oxygen atoms in total. The van der Waals surface area contributed by atoms with Crippen LogP contribution in [0.15, 0.2) is 78.9 Å². The Morgan fingerprint density at radius 2 is 1.61 bits per heavy atom. The van der Waals surface area contributed by atoms with Crippen LogP contribution < -0.4 is 5.32 Å². The third-order valence-electron chi connectivity index (χ3n) is 6.18. The number of benzene rings is 3. The number of nitro groups is 1. The summed E-state index contributed by atoms with van der Waals surface area (Å²) < 4.78 is 13.6. The Kier molecular flexibility index (Phi) is 10.8. The number of non-ortho nitro benzene ring substituents is 1. The maximum absolute atomic E-state index is 13.6. The Bertz CT molecular complexity index is 1210. The highest BCUT2D eigenvalue weighted by Crippen LogP contribution is 2.20. The van der Waals surface area contributed by atoms with E-state index in [4.69, 9.17) is 0 Å². The van der Waals surface area contributed by atoms with Crippen molar-refractivity contribution in [3.63, 3.8) is 0 Å². The lowest BCUT2D eigenvalue weighted by atomic mass is 10.0. The van der Waals surface area contributed by atoms with Crippen molar-refractivity contribution in [1.82, 2.24) is 10.2 Å². The van der Waals surface area contributed by atoms with E-state index in [9.17, 15) is 24.1 Å². The monoisotopic (exact) mass is 537 g/mol. The van der Waals surface area contributed by atoms with Gasteiger partial charge in [0.25, 0.3) is 5.69 Å². The molecule has 0 aliphatic carbocycles. The van der Waals surface area contributed by atoms with Gasteiger partial charge in [0, 0.05) is 36.9 Å². The summed E-state index contributed by atoms with van der Waals surface area (Å²) in [6.45, 7) is 4.06. The van der Waals surface area contributed by atoms with Gasteiger partial charge < -0.3 is 10.2 Å². The van der Waals surface area contributed by atoms with Crippen LogP contribution in [0.4, 0.5) is 10.1 Å². The summed E-state index contributed by atoms with van der Waals surface area (Å²) in [5, 5.41) is 13.9. The van der Waals surface area contributed by atoms with Gasteiger partial charge in [-0.2, -0.15) is 0 Å². The number of hydrogen-bond acceptors (Lipinski definition) is 5.